The fourth-order valence-corrected chi connectivity index (χ4v) is 3.12. The van der Waals surface area contributed by atoms with Crippen molar-refractivity contribution in [3.63, 3.8) is 0 Å². The topological polar surface area (TPSA) is 84.4 Å². The first kappa shape index (κ1) is 27.3. The van der Waals surface area contributed by atoms with Gasteiger partial charge in [-0.05, 0) is 50.3 Å². The molecule has 31 heavy (non-hydrogen) atoms. The van der Waals surface area contributed by atoms with Crippen LogP contribution in [-0.4, -0.2) is 76.9 Å². The van der Waals surface area contributed by atoms with Crippen LogP contribution in [-0.2, 0) is 16.0 Å². The van der Waals surface area contributed by atoms with E-state index in [0.29, 0.717) is 19.1 Å². The third kappa shape index (κ3) is 9.94. The minimum atomic E-state index is -0.0325. The van der Waals surface area contributed by atoms with Gasteiger partial charge in [0, 0.05) is 33.8 Å². The van der Waals surface area contributed by atoms with Crippen LogP contribution >= 0.6 is 24.0 Å². The minimum Gasteiger partial charge on any atom is -0.493 e. The number of nitrogens with one attached hydrogen (secondary N) is 2. The number of benzene rings is 1. The molecule has 1 aliphatic heterocycles. The Morgan fingerprint density at radius 3 is 2.74 bits per heavy atom. The lowest BCUT2D eigenvalue weighted by Gasteiger charge is -2.16. The number of rotatable bonds is 11. The molecule has 1 aromatic carbocycles. The fourth-order valence-electron chi connectivity index (χ4n) is 3.12. The molecule has 2 N–H and O–H groups in total. The fraction of sp³-hybridized carbons (Fsp3) is 0.636. The average molecular weight is 548 g/mol. The van der Waals surface area contributed by atoms with Crippen LogP contribution in [0.2, 0.25) is 0 Å². The molecule has 1 saturated heterocycles. The van der Waals surface area contributed by atoms with E-state index in [4.69, 9.17) is 14.2 Å². The van der Waals surface area contributed by atoms with Crippen LogP contribution < -0.4 is 20.1 Å². The summed E-state index contributed by atoms with van der Waals surface area (Å²) in [4.78, 5) is 17.8. The number of hydrogen-bond acceptors (Lipinski definition) is 5. The average Bonchev–Trinajstić information content (AvgIpc) is 3.26. The van der Waals surface area contributed by atoms with Crippen LogP contribution in [0.4, 0.5) is 0 Å². The summed E-state index contributed by atoms with van der Waals surface area (Å²) in [5, 5.41) is 6.63. The zero-order chi connectivity index (χ0) is 21.8. The normalized spacial score (nSPS) is 15.7. The number of hydrogen-bond donors (Lipinski definition) is 2. The highest BCUT2D eigenvalue weighted by molar-refractivity contribution is 14.0. The van der Waals surface area contributed by atoms with Crippen molar-refractivity contribution in [2.24, 2.45) is 4.99 Å². The third-order valence-corrected chi connectivity index (χ3v) is 4.85. The molecule has 9 heteroatoms. The monoisotopic (exact) mass is 548 g/mol. The predicted molar refractivity (Wildman–Crippen MR) is 134 cm³/mol. The van der Waals surface area contributed by atoms with Gasteiger partial charge in [-0.3, -0.25) is 4.79 Å². The maximum atomic E-state index is 11.9. The van der Waals surface area contributed by atoms with Crippen LogP contribution in [0.5, 0.6) is 11.5 Å². The summed E-state index contributed by atoms with van der Waals surface area (Å²) < 4.78 is 16.6. The Morgan fingerprint density at radius 2 is 2.10 bits per heavy atom. The molecule has 0 aromatic heterocycles. The van der Waals surface area contributed by atoms with Crippen molar-refractivity contribution in [3.8, 4) is 11.5 Å². The van der Waals surface area contributed by atoms with Gasteiger partial charge in [0.15, 0.2) is 17.5 Å². The Hall–Kier alpha value is -1.75. The van der Waals surface area contributed by atoms with E-state index in [1.807, 2.05) is 19.1 Å². The van der Waals surface area contributed by atoms with Crippen molar-refractivity contribution >= 4 is 35.8 Å². The first-order valence-electron chi connectivity index (χ1n) is 10.7. The Labute approximate surface area is 203 Å². The summed E-state index contributed by atoms with van der Waals surface area (Å²) in [6.07, 6.45) is 4.17. The van der Waals surface area contributed by atoms with Crippen molar-refractivity contribution in [2.75, 3.05) is 54.1 Å². The van der Waals surface area contributed by atoms with Crippen molar-refractivity contribution in [1.29, 1.82) is 0 Å². The van der Waals surface area contributed by atoms with Crippen LogP contribution in [0, 0.1) is 0 Å². The van der Waals surface area contributed by atoms with Crippen molar-refractivity contribution in [3.05, 3.63) is 23.8 Å². The molecule has 0 bridgehead atoms. The molecule has 1 fully saturated rings. The van der Waals surface area contributed by atoms with Gasteiger partial charge in [-0.25, -0.2) is 4.99 Å². The van der Waals surface area contributed by atoms with Gasteiger partial charge in [0.05, 0.1) is 19.8 Å². The molecular formula is C22H37IN4O4. The van der Waals surface area contributed by atoms with E-state index in [-0.39, 0.29) is 42.5 Å². The summed E-state index contributed by atoms with van der Waals surface area (Å²) in [5.74, 6) is 2.13. The van der Waals surface area contributed by atoms with Crippen molar-refractivity contribution < 1.29 is 19.0 Å². The third-order valence-electron chi connectivity index (χ3n) is 4.85. The number of carbonyl (C=O) groups excluding carboxylic acids is 1. The molecule has 1 heterocycles. The maximum absolute atomic E-state index is 11.9. The first-order chi connectivity index (χ1) is 14.5. The van der Waals surface area contributed by atoms with E-state index in [1.165, 1.54) is 5.56 Å². The van der Waals surface area contributed by atoms with E-state index in [1.54, 1.807) is 26.1 Å². The van der Waals surface area contributed by atoms with Crippen LogP contribution in [0.3, 0.4) is 0 Å². The Kier molecular flexibility index (Phi) is 13.3. The van der Waals surface area contributed by atoms with Gasteiger partial charge in [-0.1, -0.05) is 6.07 Å². The summed E-state index contributed by atoms with van der Waals surface area (Å²) in [5.41, 5.74) is 1.19. The quantitative estimate of drug-likeness (QED) is 0.191. The van der Waals surface area contributed by atoms with Gasteiger partial charge in [0.2, 0.25) is 5.91 Å². The number of ether oxygens (including phenoxy) is 3. The second-order valence-corrected chi connectivity index (χ2v) is 7.42. The van der Waals surface area contributed by atoms with Gasteiger partial charge in [-0.2, -0.15) is 0 Å². The van der Waals surface area contributed by atoms with Gasteiger partial charge in [-0.15, -0.1) is 24.0 Å². The summed E-state index contributed by atoms with van der Waals surface area (Å²) in [6, 6.07) is 6.03. The molecule has 0 saturated carbocycles. The molecule has 1 atom stereocenters. The van der Waals surface area contributed by atoms with Gasteiger partial charge >= 0.3 is 0 Å². The van der Waals surface area contributed by atoms with Crippen LogP contribution in [0.15, 0.2) is 23.2 Å². The maximum Gasteiger partial charge on any atom is 0.243 e. The molecule has 8 nitrogen and oxygen atoms in total. The van der Waals surface area contributed by atoms with E-state index < -0.39 is 0 Å². The molecule has 1 amide bonds. The summed E-state index contributed by atoms with van der Waals surface area (Å²) >= 11 is 0. The smallest absolute Gasteiger partial charge is 0.243 e. The highest BCUT2D eigenvalue weighted by Gasteiger charge is 2.16. The highest BCUT2D eigenvalue weighted by Crippen LogP contribution is 2.28. The molecular weight excluding hydrogens is 511 g/mol. The number of guanidine groups is 1. The highest BCUT2D eigenvalue weighted by atomic mass is 127. The molecule has 0 radical (unpaired) electrons. The Morgan fingerprint density at radius 1 is 1.29 bits per heavy atom. The first-order valence-corrected chi connectivity index (χ1v) is 10.7. The second kappa shape index (κ2) is 15.1. The Bertz CT molecular complexity index is 694. The largest absolute Gasteiger partial charge is 0.493 e. The molecule has 1 unspecified atom stereocenters. The zero-order valence-corrected chi connectivity index (χ0v) is 21.4. The van der Waals surface area contributed by atoms with Crippen LogP contribution in [0.25, 0.3) is 0 Å². The molecule has 1 aliphatic rings. The number of nitrogens with zero attached hydrogens (tertiary/aromatic N) is 2. The van der Waals surface area contributed by atoms with Gasteiger partial charge < -0.3 is 29.7 Å². The number of likely N-dealkylation sites (N-methyl/N-ethyl adjacent to an activating group) is 1. The van der Waals surface area contributed by atoms with E-state index in [2.05, 4.69) is 21.7 Å². The number of aryl methyl sites for hydroxylation is 1. The summed E-state index contributed by atoms with van der Waals surface area (Å²) in [6.45, 7) is 4.92. The number of aliphatic imine (C=N–C) groups is 1. The lowest BCUT2D eigenvalue weighted by molar-refractivity contribution is -0.127. The standard InChI is InChI=1S/C22H36N4O4.HI/c1-5-29-20-14-17(10-11-19(20)28-4)8-6-12-23-22(25-16-21(27)26(2)3)24-15-18-9-7-13-30-18;/h10-11,14,18H,5-9,12-13,15-16H2,1-4H3,(H2,23,24,25);1H. The summed E-state index contributed by atoms with van der Waals surface area (Å²) in [7, 11) is 5.11. The molecule has 0 spiro atoms. The lowest BCUT2D eigenvalue weighted by Crippen LogP contribution is -2.42. The van der Waals surface area contributed by atoms with Gasteiger partial charge in [0.25, 0.3) is 0 Å². The number of halogens is 1. The minimum absolute atomic E-state index is 0. The Balaban J connectivity index is 0.00000480. The molecule has 2 rings (SSSR count). The SMILES string of the molecule is CCOc1cc(CCCNC(=NCC(=O)N(C)C)NCC2CCCO2)ccc1OC.I. The number of amides is 1. The van der Waals surface area contributed by atoms with Crippen molar-refractivity contribution in [2.45, 2.75) is 38.7 Å². The van der Waals surface area contributed by atoms with Crippen molar-refractivity contribution in [1.82, 2.24) is 15.5 Å². The number of methoxy groups -OCH3 is 1. The van der Waals surface area contributed by atoms with Crippen LogP contribution in [0.1, 0.15) is 31.7 Å². The van der Waals surface area contributed by atoms with E-state index in [9.17, 15) is 4.79 Å². The predicted octanol–water partition coefficient (Wildman–Crippen LogP) is 2.45. The van der Waals surface area contributed by atoms with Gasteiger partial charge in [0.1, 0.15) is 6.54 Å². The zero-order valence-electron chi connectivity index (χ0n) is 19.1. The van der Waals surface area contributed by atoms with E-state index >= 15 is 0 Å². The molecule has 0 aliphatic carbocycles. The molecule has 1 aromatic rings. The number of carbonyl (C=O) groups is 1. The van der Waals surface area contributed by atoms with E-state index in [0.717, 1.165) is 50.3 Å². The second-order valence-electron chi connectivity index (χ2n) is 7.42. The lowest BCUT2D eigenvalue weighted by atomic mass is 10.1. The molecule has 176 valence electrons.